The van der Waals surface area contributed by atoms with Gasteiger partial charge < -0.3 is 10.1 Å². The van der Waals surface area contributed by atoms with Crippen molar-refractivity contribution in [3.63, 3.8) is 0 Å². The molecule has 166 valence electrons. The second kappa shape index (κ2) is 8.46. The van der Waals surface area contributed by atoms with E-state index in [2.05, 4.69) is 20.5 Å². The highest BCUT2D eigenvalue weighted by Crippen LogP contribution is 2.42. The van der Waals surface area contributed by atoms with Crippen LogP contribution in [0, 0.1) is 13.8 Å². The van der Waals surface area contributed by atoms with Gasteiger partial charge >= 0.3 is 0 Å². The van der Waals surface area contributed by atoms with E-state index in [4.69, 9.17) is 9.84 Å². The standard InChI is InChI=1S/C25H24N6O2/c1-4-33-21-8-6-5-7-18(21)19-13-22(32)28-24-23(19)16(3)30-31(24)25-27-20(14-26-29-25)17-11-9-15(2)10-12-17/h5-12,14,19H,4,13H2,1-3H3,(H,28,32)/t19-/m0/s1. The fourth-order valence-corrected chi connectivity index (χ4v) is 4.26. The second-order valence-corrected chi connectivity index (χ2v) is 8.04. The van der Waals surface area contributed by atoms with E-state index in [0.29, 0.717) is 30.5 Å². The molecule has 0 aliphatic carbocycles. The van der Waals surface area contributed by atoms with Crippen molar-refractivity contribution in [1.82, 2.24) is 25.0 Å². The fraction of sp³-hybridized carbons (Fsp3) is 0.240. The Labute approximate surface area is 191 Å². The quantitative estimate of drug-likeness (QED) is 0.499. The predicted molar refractivity (Wildman–Crippen MR) is 125 cm³/mol. The SMILES string of the molecule is CCOc1ccccc1[C@@H]1CC(=O)Nc2c1c(C)nn2-c1nncc(-c2ccc(C)cc2)n1. The van der Waals surface area contributed by atoms with E-state index in [0.717, 1.165) is 28.1 Å². The minimum absolute atomic E-state index is 0.0948. The average molecular weight is 441 g/mol. The topological polar surface area (TPSA) is 94.8 Å². The summed E-state index contributed by atoms with van der Waals surface area (Å²) >= 11 is 0. The number of carbonyl (C=O) groups is 1. The first-order chi connectivity index (χ1) is 16.0. The van der Waals surface area contributed by atoms with Crippen molar-refractivity contribution in [3.05, 3.63) is 77.1 Å². The number of nitrogens with one attached hydrogen (secondary N) is 1. The van der Waals surface area contributed by atoms with Gasteiger partial charge in [-0.2, -0.15) is 14.9 Å². The third-order valence-corrected chi connectivity index (χ3v) is 5.78. The van der Waals surface area contributed by atoms with Crippen molar-refractivity contribution in [2.24, 2.45) is 0 Å². The van der Waals surface area contributed by atoms with Gasteiger partial charge in [-0.15, -0.1) is 5.10 Å². The molecule has 0 saturated carbocycles. The van der Waals surface area contributed by atoms with Gasteiger partial charge in [-0.25, -0.2) is 4.98 Å². The van der Waals surface area contributed by atoms with Crippen LogP contribution in [0.15, 0.2) is 54.7 Å². The van der Waals surface area contributed by atoms with Gasteiger partial charge in [0.15, 0.2) is 0 Å². The minimum Gasteiger partial charge on any atom is -0.494 e. The first-order valence-corrected chi connectivity index (χ1v) is 10.9. The predicted octanol–water partition coefficient (Wildman–Crippen LogP) is 4.21. The van der Waals surface area contributed by atoms with E-state index in [1.807, 2.05) is 69.3 Å². The zero-order valence-corrected chi connectivity index (χ0v) is 18.7. The van der Waals surface area contributed by atoms with Crippen LogP contribution >= 0.6 is 0 Å². The summed E-state index contributed by atoms with van der Waals surface area (Å²) in [5.74, 6) is 1.37. The lowest BCUT2D eigenvalue weighted by atomic mass is 9.85. The van der Waals surface area contributed by atoms with Crippen molar-refractivity contribution >= 4 is 11.7 Å². The van der Waals surface area contributed by atoms with Crippen LogP contribution in [0.25, 0.3) is 17.2 Å². The van der Waals surface area contributed by atoms with Gasteiger partial charge in [0.25, 0.3) is 5.95 Å². The zero-order valence-electron chi connectivity index (χ0n) is 18.7. The Hall–Kier alpha value is -4.07. The van der Waals surface area contributed by atoms with Crippen molar-refractivity contribution in [2.45, 2.75) is 33.1 Å². The molecule has 1 amide bonds. The molecule has 0 unspecified atom stereocenters. The number of aromatic nitrogens is 5. The zero-order chi connectivity index (χ0) is 22.9. The molecular weight excluding hydrogens is 416 g/mol. The molecule has 0 bridgehead atoms. The number of hydrogen-bond acceptors (Lipinski definition) is 6. The van der Waals surface area contributed by atoms with Crippen LogP contribution in [0.5, 0.6) is 5.75 Å². The number of benzene rings is 2. The Bertz CT molecular complexity index is 1330. The van der Waals surface area contributed by atoms with Crippen LogP contribution in [-0.4, -0.2) is 37.5 Å². The normalized spacial score (nSPS) is 15.1. The van der Waals surface area contributed by atoms with Gasteiger partial charge in [-0.1, -0.05) is 48.0 Å². The number of ether oxygens (including phenoxy) is 1. The summed E-state index contributed by atoms with van der Waals surface area (Å²) in [7, 11) is 0. The third-order valence-electron chi connectivity index (χ3n) is 5.78. The molecular formula is C25H24N6O2. The monoisotopic (exact) mass is 440 g/mol. The summed E-state index contributed by atoms with van der Waals surface area (Å²) in [4.78, 5) is 17.4. The first-order valence-electron chi connectivity index (χ1n) is 10.9. The lowest BCUT2D eigenvalue weighted by Gasteiger charge is -2.25. The maximum absolute atomic E-state index is 12.7. The van der Waals surface area contributed by atoms with Crippen molar-refractivity contribution < 1.29 is 9.53 Å². The van der Waals surface area contributed by atoms with Gasteiger partial charge in [0, 0.05) is 29.0 Å². The Morgan fingerprint density at radius 2 is 1.91 bits per heavy atom. The van der Waals surface area contributed by atoms with Gasteiger partial charge in [-0.3, -0.25) is 4.79 Å². The molecule has 8 heteroatoms. The summed E-state index contributed by atoms with van der Waals surface area (Å²) in [6.07, 6.45) is 1.93. The summed E-state index contributed by atoms with van der Waals surface area (Å²) in [6, 6.07) is 15.9. The number of nitrogens with zero attached hydrogens (tertiary/aromatic N) is 5. The number of aryl methyl sites for hydroxylation is 2. The molecule has 1 N–H and O–H groups in total. The number of amides is 1. The highest BCUT2D eigenvalue weighted by Gasteiger charge is 2.34. The van der Waals surface area contributed by atoms with E-state index in [9.17, 15) is 4.79 Å². The molecule has 0 fully saturated rings. The molecule has 0 radical (unpaired) electrons. The lowest BCUT2D eigenvalue weighted by molar-refractivity contribution is -0.116. The Balaban J connectivity index is 1.61. The summed E-state index contributed by atoms with van der Waals surface area (Å²) < 4.78 is 7.42. The van der Waals surface area contributed by atoms with E-state index in [1.165, 1.54) is 5.56 Å². The van der Waals surface area contributed by atoms with Gasteiger partial charge in [0.1, 0.15) is 11.6 Å². The smallest absolute Gasteiger partial charge is 0.272 e. The first kappa shape index (κ1) is 20.8. The van der Waals surface area contributed by atoms with Crippen LogP contribution < -0.4 is 10.1 Å². The average Bonchev–Trinajstić information content (AvgIpc) is 3.16. The summed E-state index contributed by atoms with van der Waals surface area (Å²) in [6.45, 7) is 6.46. The Morgan fingerprint density at radius 1 is 1.12 bits per heavy atom. The molecule has 4 aromatic rings. The van der Waals surface area contributed by atoms with Crippen molar-refractivity contribution in [2.75, 3.05) is 11.9 Å². The van der Waals surface area contributed by atoms with Crippen LogP contribution in [0.1, 0.15) is 41.6 Å². The number of hydrogen-bond donors (Lipinski definition) is 1. The summed E-state index contributed by atoms with van der Waals surface area (Å²) in [5, 5.41) is 16.0. The van der Waals surface area contributed by atoms with Gasteiger partial charge in [-0.05, 0) is 26.8 Å². The molecule has 33 heavy (non-hydrogen) atoms. The number of rotatable bonds is 5. The molecule has 2 aromatic heterocycles. The van der Waals surface area contributed by atoms with Crippen LogP contribution in [0.2, 0.25) is 0 Å². The molecule has 1 aliphatic heterocycles. The van der Waals surface area contributed by atoms with E-state index in [-0.39, 0.29) is 11.8 Å². The molecule has 2 aromatic carbocycles. The maximum Gasteiger partial charge on any atom is 0.272 e. The molecule has 1 aliphatic rings. The van der Waals surface area contributed by atoms with Gasteiger partial charge in [0.2, 0.25) is 5.91 Å². The number of anilines is 1. The molecule has 0 saturated heterocycles. The molecule has 0 spiro atoms. The number of fused-ring (bicyclic) bond motifs is 1. The lowest BCUT2D eigenvalue weighted by Crippen LogP contribution is -2.25. The highest BCUT2D eigenvalue weighted by molar-refractivity contribution is 5.95. The minimum atomic E-state index is -0.182. The van der Waals surface area contributed by atoms with E-state index >= 15 is 0 Å². The highest BCUT2D eigenvalue weighted by atomic mass is 16.5. The molecule has 5 rings (SSSR count). The summed E-state index contributed by atoms with van der Waals surface area (Å²) in [5.41, 5.74) is 5.48. The molecule has 8 nitrogen and oxygen atoms in total. The number of carbonyl (C=O) groups excluding carboxylic acids is 1. The Morgan fingerprint density at radius 3 is 2.70 bits per heavy atom. The van der Waals surface area contributed by atoms with E-state index < -0.39 is 0 Å². The molecule has 3 heterocycles. The van der Waals surface area contributed by atoms with E-state index in [1.54, 1.807) is 10.9 Å². The van der Waals surface area contributed by atoms with Gasteiger partial charge in [0.05, 0.1) is 24.2 Å². The van der Waals surface area contributed by atoms with Crippen LogP contribution in [0.3, 0.4) is 0 Å². The molecule has 1 atom stereocenters. The van der Waals surface area contributed by atoms with Crippen molar-refractivity contribution in [1.29, 1.82) is 0 Å². The second-order valence-electron chi connectivity index (χ2n) is 8.04. The van der Waals surface area contributed by atoms with Crippen LogP contribution in [0.4, 0.5) is 5.82 Å². The number of para-hydroxylation sites is 1. The largest absolute Gasteiger partial charge is 0.494 e. The van der Waals surface area contributed by atoms with Crippen molar-refractivity contribution in [3.8, 4) is 23.0 Å². The van der Waals surface area contributed by atoms with Crippen LogP contribution in [-0.2, 0) is 4.79 Å². The maximum atomic E-state index is 12.7. The third kappa shape index (κ3) is 3.84. The Kier molecular flexibility index (Phi) is 5.34. The fourth-order valence-electron chi connectivity index (χ4n) is 4.26.